The van der Waals surface area contributed by atoms with E-state index in [1.165, 1.54) is 7.11 Å². The van der Waals surface area contributed by atoms with Gasteiger partial charge in [0.1, 0.15) is 12.2 Å². The van der Waals surface area contributed by atoms with Gasteiger partial charge in [-0.2, -0.15) is 0 Å². The minimum absolute atomic E-state index is 0.268. The normalized spacial score (nSPS) is 30.9. The van der Waals surface area contributed by atoms with E-state index in [0.717, 1.165) is 12.1 Å². The van der Waals surface area contributed by atoms with Crippen LogP contribution in [0.15, 0.2) is 6.20 Å². The number of nitrogens with zero attached hydrogens (tertiary/aromatic N) is 3. The molecule has 1 fully saturated rings. The quantitative estimate of drug-likeness (QED) is 0.789. The first-order valence-corrected chi connectivity index (χ1v) is 6.93. The Morgan fingerprint density at radius 1 is 1.50 bits per heavy atom. The zero-order valence-electron chi connectivity index (χ0n) is 12.1. The lowest BCUT2D eigenvalue weighted by Crippen LogP contribution is -2.50. The Kier molecular flexibility index (Phi) is 5.09. The molecule has 7 heteroatoms. The van der Waals surface area contributed by atoms with E-state index in [1.807, 2.05) is 6.20 Å². The lowest BCUT2D eigenvalue weighted by molar-refractivity contribution is -0.245. The first kappa shape index (κ1) is 15.4. The van der Waals surface area contributed by atoms with Crippen LogP contribution in [0.4, 0.5) is 0 Å². The van der Waals surface area contributed by atoms with Crippen LogP contribution in [-0.4, -0.2) is 56.9 Å². The zero-order chi connectivity index (χ0) is 14.7. The highest BCUT2D eigenvalue weighted by atomic mass is 16.7. The Morgan fingerprint density at radius 2 is 2.25 bits per heavy atom. The molecule has 1 saturated heterocycles. The maximum absolute atomic E-state index is 9.97. The molecule has 20 heavy (non-hydrogen) atoms. The molecule has 0 amide bonds. The van der Waals surface area contributed by atoms with Gasteiger partial charge in [0.2, 0.25) is 0 Å². The van der Waals surface area contributed by atoms with Gasteiger partial charge < -0.3 is 19.7 Å². The maximum Gasteiger partial charge on any atom is 0.160 e. The third-order valence-corrected chi connectivity index (χ3v) is 3.37. The number of ether oxygens (including phenoxy) is 2. The number of hydrogen-bond donors (Lipinski definition) is 2. The third-order valence-electron chi connectivity index (χ3n) is 3.37. The highest BCUT2D eigenvalue weighted by Crippen LogP contribution is 2.22. The molecule has 4 atom stereocenters. The van der Waals surface area contributed by atoms with Crippen LogP contribution in [0.2, 0.25) is 0 Å². The van der Waals surface area contributed by atoms with Gasteiger partial charge in [-0.1, -0.05) is 19.1 Å². The Balaban J connectivity index is 1.98. The summed E-state index contributed by atoms with van der Waals surface area (Å²) in [7, 11) is 1.52. The summed E-state index contributed by atoms with van der Waals surface area (Å²) in [6, 6.07) is 0. The van der Waals surface area contributed by atoms with Crippen molar-refractivity contribution in [2.45, 2.75) is 57.8 Å². The maximum atomic E-state index is 9.97. The number of aliphatic hydroxyl groups excluding tert-OH is 2. The van der Waals surface area contributed by atoms with Gasteiger partial charge in [-0.25, -0.2) is 4.68 Å². The molecule has 1 aromatic heterocycles. The molecular weight excluding hydrogens is 262 g/mol. The van der Waals surface area contributed by atoms with E-state index < -0.39 is 24.6 Å². The van der Waals surface area contributed by atoms with E-state index in [0.29, 0.717) is 12.5 Å². The average Bonchev–Trinajstić information content (AvgIpc) is 2.81. The molecule has 0 spiro atoms. The van der Waals surface area contributed by atoms with Crippen molar-refractivity contribution < 1.29 is 19.7 Å². The summed E-state index contributed by atoms with van der Waals surface area (Å²) in [4.78, 5) is 0. The number of aliphatic hydroxyl groups is 2. The smallest absolute Gasteiger partial charge is 0.160 e. The van der Waals surface area contributed by atoms with Crippen molar-refractivity contribution >= 4 is 0 Å². The summed E-state index contributed by atoms with van der Waals surface area (Å²) in [6.45, 7) is 4.57. The summed E-state index contributed by atoms with van der Waals surface area (Å²) in [5.74, 6) is 0.511. The van der Waals surface area contributed by atoms with Crippen molar-refractivity contribution in [2.75, 3.05) is 7.11 Å². The molecule has 7 nitrogen and oxygen atoms in total. The first-order chi connectivity index (χ1) is 9.49. The third kappa shape index (κ3) is 3.76. The Bertz CT molecular complexity index is 424. The molecule has 1 aliphatic rings. The van der Waals surface area contributed by atoms with Crippen LogP contribution in [-0.2, 0) is 22.4 Å². The van der Waals surface area contributed by atoms with Gasteiger partial charge in [0.15, 0.2) is 6.29 Å². The minimum atomic E-state index is -0.945. The summed E-state index contributed by atoms with van der Waals surface area (Å²) in [6.07, 6.45) is 0.117. The second-order valence-electron chi connectivity index (χ2n) is 5.66. The fourth-order valence-electron chi connectivity index (χ4n) is 2.34. The lowest BCUT2D eigenvalue weighted by Gasteiger charge is -2.36. The van der Waals surface area contributed by atoms with E-state index in [1.54, 1.807) is 4.68 Å². The van der Waals surface area contributed by atoms with E-state index in [9.17, 15) is 10.2 Å². The summed E-state index contributed by atoms with van der Waals surface area (Å²) in [5, 5.41) is 27.9. The van der Waals surface area contributed by atoms with Crippen LogP contribution in [0.25, 0.3) is 0 Å². The number of rotatable bonds is 5. The Morgan fingerprint density at radius 3 is 2.90 bits per heavy atom. The van der Waals surface area contributed by atoms with Gasteiger partial charge in [-0.05, 0) is 12.3 Å². The van der Waals surface area contributed by atoms with E-state index in [2.05, 4.69) is 24.2 Å². The van der Waals surface area contributed by atoms with Crippen LogP contribution < -0.4 is 0 Å². The molecule has 2 N–H and O–H groups in total. The molecule has 2 rings (SSSR count). The monoisotopic (exact) mass is 285 g/mol. The van der Waals surface area contributed by atoms with Gasteiger partial charge >= 0.3 is 0 Å². The van der Waals surface area contributed by atoms with E-state index in [4.69, 9.17) is 9.47 Å². The molecule has 0 bridgehead atoms. The minimum Gasteiger partial charge on any atom is -0.390 e. The van der Waals surface area contributed by atoms with Crippen molar-refractivity contribution in [3.8, 4) is 0 Å². The van der Waals surface area contributed by atoms with Crippen LogP contribution >= 0.6 is 0 Å². The number of methoxy groups -OCH3 is 1. The van der Waals surface area contributed by atoms with Gasteiger partial charge in [0, 0.05) is 19.7 Å². The van der Waals surface area contributed by atoms with Crippen molar-refractivity contribution in [1.82, 2.24) is 15.0 Å². The highest BCUT2D eigenvalue weighted by Gasteiger charge is 2.37. The SMILES string of the molecule is CO[C@@H]1CC(O)[C@H](O)C(Cn2cc(CC(C)C)nn2)O1. The molecule has 0 aliphatic carbocycles. The molecule has 1 aromatic rings. The second kappa shape index (κ2) is 6.62. The molecule has 0 saturated carbocycles. The molecule has 0 radical (unpaired) electrons. The molecule has 2 heterocycles. The lowest BCUT2D eigenvalue weighted by atomic mass is 10.0. The standard InChI is InChI=1S/C13H23N3O4/c1-8(2)4-9-6-16(15-14-9)7-11-13(18)10(17)5-12(19-3)20-11/h6,8,10-13,17-18H,4-5,7H2,1-3H3/t10?,11?,12-,13-/m0/s1. The second-order valence-corrected chi connectivity index (χ2v) is 5.66. The molecule has 1 aliphatic heterocycles. The van der Waals surface area contributed by atoms with Gasteiger partial charge in [0.05, 0.1) is 18.3 Å². The van der Waals surface area contributed by atoms with Crippen LogP contribution in [0, 0.1) is 5.92 Å². The molecule has 0 aromatic carbocycles. The first-order valence-electron chi connectivity index (χ1n) is 6.93. The molecule has 114 valence electrons. The summed E-state index contributed by atoms with van der Waals surface area (Å²) >= 11 is 0. The fourth-order valence-corrected chi connectivity index (χ4v) is 2.34. The predicted octanol–water partition coefficient (Wildman–Crippen LogP) is -0.0402. The molecular formula is C13H23N3O4. The van der Waals surface area contributed by atoms with Gasteiger partial charge in [-0.15, -0.1) is 5.10 Å². The van der Waals surface area contributed by atoms with Gasteiger partial charge in [-0.3, -0.25) is 0 Å². The zero-order valence-corrected chi connectivity index (χ0v) is 12.1. The number of aromatic nitrogens is 3. The molecule has 2 unspecified atom stereocenters. The Hall–Kier alpha value is -1.02. The fraction of sp³-hybridized carbons (Fsp3) is 0.846. The average molecular weight is 285 g/mol. The van der Waals surface area contributed by atoms with Crippen molar-refractivity contribution in [2.24, 2.45) is 5.92 Å². The topological polar surface area (TPSA) is 89.6 Å². The van der Waals surface area contributed by atoms with Crippen molar-refractivity contribution in [3.05, 3.63) is 11.9 Å². The summed E-state index contributed by atoms with van der Waals surface area (Å²) < 4.78 is 12.3. The predicted molar refractivity (Wildman–Crippen MR) is 70.9 cm³/mol. The van der Waals surface area contributed by atoms with Crippen LogP contribution in [0.3, 0.4) is 0 Å². The van der Waals surface area contributed by atoms with Crippen molar-refractivity contribution in [3.63, 3.8) is 0 Å². The highest BCUT2D eigenvalue weighted by molar-refractivity contribution is 4.94. The van der Waals surface area contributed by atoms with Crippen molar-refractivity contribution in [1.29, 1.82) is 0 Å². The summed E-state index contributed by atoms with van der Waals surface area (Å²) in [5.41, 5.74) is 0.911. The Labute approximate surface area is 118 Å². The largest absolute Gasteiger partial charge is 0.390 e. The van der Waals surface area contributed by atoms with Crippen LogP contribution in [0.1, 0.15) is 26.0 Å². The van der Waals surface area contributed by atoms with Crippen LogP contribution in [0.5, 0.6) is 0 Å². The number of hydrogen-bond acceptors (Lipinski definition) is 6. The van der Waals surface area contributed by atoms with E-state index in [-0.39, 0.29) is 6.42 Å². The van der Waals surface area contributed by atoms with E-state index >= 15 is 0 Å². The van der Waals surface area contributed by atoms with Gasteiger partial charge in [0.25, 0.3) is 0 Å².